The van der Waals surface area contributed by atoms with Crippen LogP contribution in [0.25, 0.3) is 16.9 Å². The highest BCUT2D eigenvalue weighted by atomic mass is 35.5. The minimum atomic E-state index is -0.360. The topological polar surface area (TPSA) is 102 Å². The molecule has 1 amide bonds. The second kappa shape index (κ2) is 5.57. The van der Waals surface area contributed by atoms with Gasteiger partial charge in [-0.2, -0.15) is 0 Å². The Hall–Kier alpha value is -2.87. The second-order valence-corrected chi connectivity index (χ2v) is 6.71. The van der Waals surface area contributed by atoms with Crippen molar-refractivity contribution in [1.82, 2.24) is 24.8 Å². The van der Waals surface area contributed by atoms with Crippen LogP contribution < -0.4 is 16.0 Å². The van der Waals surface area contributed by atoms with Gasteiger partial charge in [0.2, 0.25) is 0 Å². The van der Waals surface area contributed by atoms with Crippen LogP contribution in [-0.2, 0) is 0 Å². The number of halogens is 1. The lowest BCUT2D eigenvalue weighted by atomic mass is 10.0. The highest BCUT2D eigenvalue weighted by molar-refractivity contribution is 6.02. The van der Waals surface area contributed by atoms with Crippen molar-refractivity contribution in [3.63, 3.8) is 0 Å². The predicted molar refractivity (Wildman–Crippen MR) is 101 cm³/mol. The van der Waals surface area contributed by atoms with E-state index >= 15 is 0 Å². The smallest absolute Gasteiger partial charge is 0.256 e. The Balaban J connectivity index is 0.00000168. The molecule has 0 radical (unpaired) electrons. The van der Waals surface area contributed by atoms with Crippen molar-refractivity contribution in [2.75, 3.05) is 17.2 Å². The van der Waals surface area contributed by atoms with Gasteiger partial charge in [-0.15, -0.1) is 12.4 Å². The standard InChI is InChI=1S/C17H17N7O.ClH/c1-17-6-2-7-24(17)15-11(16(25)22-17)3-4-12(21-15)23-8-5-10-13(18)19-9-20-14(10)23;/h3-5,8-9H,2,6-7H2,1H3,(H,22,25)(H2,18,19,20);1H. The summed E-state index contributed by atoms with van der Waals surface area (Å²) in [5, 5.41) is 3.89. The summed E-state index contributed by atoms with van der Waals surface area (Å²) < 4.78 is 1.87. The zero-order valence-electron chi connectivity index (χ0n) is 14.1. The van der Waals surface area contributed by atoms with Gasteiger partial charge >= 0.3 is 0 Å². The Morgan fingerprint density at radius 3 is 2.96 bits per heavy atom. The first-order valence-electron chi connectivity index (χ1n) is 8.26. The third kappa shape index (κ3) is 2.15. The molecule has 5 heterocycles. The average molecular weight is 372 g/mol. The molecule has 3 aromatic heterocycles. The van der Waals surface area contributed by atoms with Crippen LogP contribution >= 0.6 is 12.4 Å². The van der Waals surface area contributed by atoms with E-state index in [2.05, 4.69) is 20.2 Å². The monoisotopic (exact) mass is 371 g/mol. The molecule has 2 aliphatic heterocycles. The number of amides is 1. The summed E-state index contributed by atoms with van der Waals surface area (Å²) in [6.45, 7) is 2.93. The Bertz CT molecular complexity index is 1030. The summed E-state index contributed by atoms with van der Waals surface area (Å²) in [7, 11) is 0. The summed E-state index contributed by atoms with van der Waals surface area (Å²) in [4.78, 5) is 27.8. The average Bonchev–Trinajstić information content (AvgIpc) is 3.19. The van der Waals surface area contributed by atoms with E-state index in [9.17, 15) is 4.79 Å². The fourth-order valence-electron chi connectivity index (χ4n) is 3.86. The van der Waals surface area contributed by atoms with Gasteiger partial charge in [0.05, 0.1) is 10.9 Å². The number of fused-ring (bicyclic) bond motifs is 4. The molecule has 1 unspecified atom stereocenters. The first-order valence-corrected chi connectivity index (χ1v) is 8.26. The van der Waals surface area contributed by atoms with Crippen LogP contribution in [0, 0.1) is 0 Å². The van der Waals surface area contributed by atoms with E-state index in [4.69, 9.17) is 10.7 Å². The molecule has 0 aliphatic carbocycles. The number of hydrogen-bond donors (Lipinski definition) is 2. The number of carbonyl (C=O) groups is 1. The van der Waals surface area contributed by atoms with E-state index in [1.165, 1.54) is 6.33 Å². The molecule has 3 aromatic rings. The molecule has 0 bridgehead atoms. The molecule has 2 aliphatic rings. The normalized spacial score (nSPS) is 21.1. The number of nitrogens with zero attached hydrogens (tertiary/aromatic N) is 5. The maximum absolute atomic E-state index is 12.5. The maximum atomic E-state index is 12.5. The van der Waals surface area contributed by atoms with Crippen LogP contribution in [0.5, 0.6) is 0 Å². The number of pyridine rings is 1. The van der Waals surface area contributed by atoms with Gasteiger partial charge in [0.25, 0.3) is 5.91 Å². The lowest BCUT2D eigenvalue weighted by Gasteiger charge is -2.41. The molecule has 0 spiro atoms. The van der Waals surface area contributed by atoms with Gasteiger partial charge in [-0.1, -0.05) is 0 Å². The van der Waals surface area contributed by atoms with E-state index in [0.29, 0.717) is 22.8 Å². The highest BCUT2D eigenvalue weighted by Crippen LogP contribution is 2.37. The maximum Gasteiger partial charge on any atom is 0.256 e. The molecular formula is C17H18ClN7O. The zero-order valence-corrected chi connectivity index (χ0v) is 15.0. The van der Waals surface area contributed by atoms with Crippen molar-refractivity contribution < 1.29 is 4.79 Å². The summed E-state index contributed by atoms with van der Waals surface area (Å²) in [5.41, 5.74) is 6.86. The summed E-state index contributed by atoms with van der Waals surface area (Å²) in [6.07, 6.45) is 5.26. The Kier molecular flexibility index (Phi) is 3.55. The predicted octanol–water partition coefficient (Wildman–Crippen LogP) is 1.88. The van der Waals surface area contributed by atoms with Crippen molar-refractivity contribution in [2.45, 2.75) is 25.4 Å². The number of aromatic nitrogens is 4. The van der Waals surface area contributed by atoms with E-state index in [-0.39, 0.29) is 24.0 Å². The highest BCUT2D eigenvalue weighted by Gasteiger charge is 2.44. The van der Waals surface area contributed by atoms with Crippen LogP contribution in [0.1, 0.15) is 30.1 Å². The lowest BCUT2D eigenvalue weighted by Crippen LogP contribution is -2.59. The van der Waals surface area contributed by atoms with E-state index in [0.717, 1.165) is 30.6 Å². The Labute approximate surface area is 155 Å². The van der Waals surface area contributed by atoms with Crippen LogP contribution in [-0.4, -0.2) is 37.6 Å². The van der Waals surface area contributed by atoms with Gasteiger partial charge in [-0.05, 0) is 38.0 Å². The number of rotatable bonds is 1. The van der Waals surface area contributed by atoms with Crippen molar-refractivity contribution >= 4 is 41.0 Å². The van der Waals surface area contributed by atoms with E-state index in [1.807, 2.05) is 35.9 Å². The minimum Gasteiger partial charge on any atom is -0.383 e. The van der Waals surface area contributed by atoms with Crippen LogP contribution in [0.2, 0.25) is 0 Å². The summed E-state index contributed by atoms with van der Waals surface area (Å²) in [5.74, 6) is 1.80. The Morgan fingerprint density at radius 1 is 1.27 bits per heavy atom. The number of anilines is 2. The van der Waals surface area contributed by atoms with Crippen molar-refractivity contribution in [2.24, 2.45) is 0 Å². The zero-order chi connectivity index (χ0) is 17.2. The van der Waals surface area contributed by atoms with Crippen molar-refractivity contribution in [1.29, 1.82) is 0 Å². The summed E-state index contributed by atoms with van der Waals surface area (Å²) >= 11 is 0. The quantitative estimate of drug-likeness (QED) is 0.677. The summed E-state index contributed by atoms with van der Waals surface area (Å²) in [6, 6.07) is 5.52. The van der Waals surface area contributed by atoms with Gasteiger partial charge in [0, 0.05) is 12.7 Å². The van der Waals surface area contributed by atoms with Crippen molar-refractivity contribution in [3.05, 3.63) is 36.3 Å². The molecule has 3 N–H and O–H groups in total. The van der Waals surface area contributed by atoms with E-state index < -0.39 is 0 Å². The molecule has 1 saturated heterocycles. The molecular weight excluding hydrogens is 354 g/mol. The molecule has 9 heteroatoms. The van der Waals surface area contributed by atoms with Gasteiger partial charge < -0.3 is 16.0 Å². The third-order valence-electron chi connectivity index (χ3n) is 5.14. The number of carbonyl (C=O) groups excluding carboxylic acids is 1. The SMILES string of the molecule is CC12CCCN1c1nc(-n3ccc4c(N)ncnc43)ccc1C(=O)N2.Cl. The molecule has 5 rings (SSSR count). The van der Waals surface area contributed by atoms with Crippen LogP contribution in [0.3, 0.4) is 0 Å². The van der Waals surface area contributed by atoms with Crippen LogP contribution in [0.4, 0.5) is 11.6 Å². The van der Waals surface area contributed by atoms with Crippen molar-refractivity contribution in [3.8, 4) is 5.82 Å². The van der Waals surface area contributed by atoms with Gasteiger partial charge in [-0.25, -0.2) is 15.0 Å². The molecule has 0 aromatic carbocycles. The molecule has 1 atom stereocenters. The molecule has 134 valence electrons. The fraction of sp³-hybridized carbons (Fsp3) is 0.294. The molecule has 0 saturated carbocycles. The number of nitrogen functional groups attached to an aromatic ring is 1. The Morgan fingerprint density at radius 2 is 2.12 bits per heavy atom. The molecule has 8 nitrogen and oxygen atoms in total. The first kappa shape index (κ1) is 16.6. The lowest BCUT2D eigenvalue weighted by molar-refractivity contribution is 0.0896. The van der Waals surface area contributed by atoms with Gasteiger partial charge in [0.15, 0.2) is 5.65 Å². The number of hydrogen-bond acceptors (Lipinski definition) is 6. The van der Waals surface area contributed by atoms with Gasteiger partial charge in [-0.3, -0.25) is 9.36 Å². The first-order chi connectivity index (χ1) is 12.1. The van der Waals surface area contributed by atoms with E-state index in [1.54, 1.807) is 0 Å². The number of nitrogens with one attached hydrogen (secondary N) is 1. The second-order valence-electron chi connectivity index (χ2n) is 6.71. The van der Waals surface area contributed by atoms with Gasteiger partial charge in [0.1, 0.15) is 29.4 Å². The largest absolute Gasteiger partial charge is 0.383 e. The minimum absolute atomic E-state index is 0. The molecule has 1 fully saturated rings. The third-order valence-corrected chi connectivity index (χ3v) is 5.14. The number of nitrogens with two attached hydrogens (primary N) is 1. The molecule has 26 heavy (non-hydrogen) atoms. The van der Waals surface area contributed by atoms with Crippen LogP contribution in [0.15, 0.2) is 30.7 Å². The fourth-order valence-corrected chi connectivity index (χ4v) is 3.86.